The van der Waals surface area contributed by atoms with Gasteiger partial charge in [0.25, 0.3) is 5.91 Å². The zero-order chi connectivity index (χ0) is 13.1. The SMILES string of the molecule is Cc1ccccc1C(=O)NNC(=O)C(F)(F)F. The van der Waals surface area contributed by atoms with Crippen LogP contribution in [-0.4, -0.2) is 18.0 Å². The summed E-state index contributed by atoms with van der Waals surface area (Å²) in [7, 11) is 0. The van der Waals surface area contributed by atoms with Gasteiger partial charge in [0.15, 0.2) is 0 Å². The van der Waals surface area contributed by atoms with Crippen LogP contribution in [0.1, 0.15) is 15.9 Å². The van der Waals surface area contributed by atoms with Crippen molar-refractivity contribution in [1.29, 1.82) is 0 Å². The summed E-state index contributed by atoms with van der Waals surface area (Å²) in [5.74, 6) is -3.03. The molecule has 0 fully saturated rings. The molecule has 0 aliphatic heterocycles. The Morgan fingerprint density at radius 3 is 2.24 bits per heavy atom. The Bertz CT molecular complexity index is 443. The molecule has 17 heavy (non-hydrogen) atoms. The maximum atomic E-state index is 11.8. The Balaban J connectivity index is 2.63. The van der Waals surface area contributed by atoms with Gasteiger partial charge in [-0.05, 0) is 18.6 Å². The smallest absolute Gasteiger partial charge is 0.267 e. The number of hydrogen-bond donors (Lipinski definition) is 2. The van der Waals surface area contributed by atoms with Crippen LogP contribution in [0, 0.1) is 6.92 Å². The second kappa shape index (κ2) is 4.86. The fourth-order valence-corrected chi connectivity index (χ4v) is 1.08. The Morgan fingerprint density at radius 2 is 1.71 bits per heavy atom. The number of benzene rings is 1. The van der Waals surface area contributed by atoms with Gasteiger partial charge in [-0.1, -0.05) is 18.2 Å². The number of rotatable bonds is 1. The average molecular weight is 246 g/mol. The first-order valence-corrected chi connectivity index (χ1v) is 4.55. The van der Waals surface area contributed by atoms with Crippen molar-refractivity contribution in [1.82, 2.24) is 10.9 Å². The molecule has 2 amide bonds. The summed E-state index contributed by atoms with van der Waals surface area (Å²) in [6.07, 6.45) is -5.03. The van der Waals surface area contributed by atoms with E-state index in [0.29, 0.717) is 5.56 Å². The zero-order valence-corrected chi connectivity index (χ0v) is 8.76. The highest BCUT2D eigenvalue weighted by Gasteiger charge is 2.38. The highest BCUT2D eigenvalue weighted by Crippen LogP contribution is 2.13. The van der Waals surface area contributed by atoms with E-state index in [2.05, 4.69) is 0 Å². The minimum absolute atomic E-state index is 0.190. The molecule has 0 atom stereocenters. The molecule has 4 nitrogen and oxygen atoms in total. The first-order valence-electron chi connectivity index (χ1n) is 4.55. The molecule has 0 aliphatic rings. The first-order chi connectivity index (χ1) is 7.82. The molecule has 1 aromatic carbocycles. The van der Waals surface area contributed by atoms with E-state index in [1.54, 1.807) is 30.5 Å². The number of carbonyl (C=O) groups excluding carboxylic acids is 2. The van der Waals surface area contributed by atoms with E-state index in [1.165, 1.54) is 11.5 Å². The minimum Gasteiger partial charge on any atom is -0.267 e. The quantitative estimate of drug-likeness (QED) is 0.734. The third-order valence-electron chi connectivity index (χ3n) is 1.94. The van der Waals surface area contributed by atoms with Crippen molar-refractivity contribution in [3.63, 3.8) is 0 Å². The van der Waals surface area contributed by atoms with Crippen LogP contribution in [-0.2, 0) is 4.79 Å². The van der Waals surface area contributed by atoms with Crippen LogP contribution in [0.2, 0.25) is 0 Å². The van der Waals surface area contributed by atoms with E-state index in [-0.39, 0.29) is 5.56 Å². The number of aryl methyl sites for hydroxylation is 1. The average Bonchev–Trinajstić information content (AvgIpc) is 2.24. The van der Waals surface area contributed by atoms with Crippen molar-refractivity contribution in [2.24, 2.45) is 0 Å². The molecule has 0 spiro atoms. The van der Waals surface area contributed by atoms with Crippen LogP contribution in [0.4, 0.5) is 13.2 Å². The Kier molecular flexibility index (Phi) is 3.72. The molecule has 1 rings (SSSR count). The Morgan fingerprint density at radius 1 is 1.12 bits per heavy atom. The van der Waals surface area contributed by atoms with Crippen LogP contribution in [0.5, 0.6) is 0 Å². The van der Waals surface area contributed by atoms with Gasteiger partial charge in [0.05, 0.1) is 0 Å². The summed E-state index contributed by atoms with van der Waals surface area (Å²) < 4.78 is 35.5. The van der Waals surface area contributed by atoms with Gasteiger partial charge in [0.2, 0.25) is 0 Å². The largest absolute Gasteiger partial charge is 0.472 e. The second-order valence-corrected chi connectivity index (χ2v) is 3.22. The number of hydrazine groups is 1. The lowest BCUT2D eigenvalue weighted by molar-refractivity contribution is -0.174. The molecule has 0 unspecified atom stereocenters. The molecule has 92 valence electrons. The van der Waals surface area contributed by atoms with Gasteiger partial charge in [0, 0.05) is 5.56 Å². The first kappa shape index (κ1) is 13.0. The number of carbonyl (C=O) groups is 2. The summed E-state index contributed by atoms with van der Waals surface area (Å²) in [5, 5.41) is 0. The predicted octanol–water partition coefficient (Wildman–Crippen LogP) is 1.32. The molecule has 0 bridgehead atoms. The van der Waals surface area contributed by atoms with Crippen molar-refractivity contribution in [2.45, 2.75) is 13.1 Å². The Hall–Kier alpha value is -2.05. The van der Waals surface area contributed by atoms with Gasteiger partial charge in [-0.25, -0.2) is 0 Å². The summed E-state index contributed by atoms with van der Waals surface area (Å²) in [4.78, 5) is 21.8. The molecule has 1 aromatic rings. The van der Waals surface area contributed by atoms with Gasteiger partial charge in [0.1, 0.15) is 0 Å². The number of halogens is 3. The standard InChI is InChI=1S/C10H9F3N2O2/c1-6-4-2-3-5-7(6)8(16)14-15-9(17)10(11,12)13/h2-5H,1H3,(H,14,16)(H,15,17). The minimum atomic E-state index is -5.03. The monoisotopic (exact) mass is 246 g/mol. The molecule has 0 aromatic heterocycles. The molecule has 0 saturated heterocycles. The molecule has 2 N–H and O–H groups in total. The predicted molar refractivity (Wildman–Crippen MR) is 52.8 cm³/mol. The third-order valence-corrected chi connectivity index (χ3v) is 1.94. The molecular formula is C10H9F3N2O2. The van der Waals surface area contributed by atoms with Gasteiger partial charge in [-0.3, -0.25) is 20.4 Å². The number of alkyl halides is 3. The highest BCUT2D eigenvalue weighted by molar-refractivity contribution is 5.97. The molecule has 0 radical (unpaired) electrons. The maximum absolute atomic E-state index is 11.8. The van der Waals surface area contributed by atoms with Crippen molar-refractivity contribution in [3.8, 4) is 0 Å². The fraction of sp³-hybridized carbons (Fsp3) is 0.200. The van der Waals surface area contributed by atoms with E-state index < -0.39 is 18.0 Å². The van der Waals surface area contributed by atoms with Crippen molar-refractivity contribution < 1.29 is 22.8 Å². The van der Waals surface area contributed by atoms with E-state index in [1.807, 2.05) is 0 Å². The van der Waals surface area contributed by atoms with Crippen molar-refractivity contribution in [2.75, 3.05) is 0 Å². The fourth-order valence-electron chi connectivity index (χ4n) is 1.08. The maximum Gasteiger partial charge on any atom is 0.472 e. The van der Waals surface area contributed by atoms with Gasteiger partial charge in [-0.15, -0.1) is 0 Å². The number of nitrogens with one attached hydrogen (secondary N) is 2. The summed E-state index contributed by atoms with van der Waals surface area (Å²) in [6.45, 7) is 1.63. The molecule has 0 saturated carbocycles. The van der Waals surface area contributed by atoms with E-state index >= 15 is 0 Å². The van der Waals surface area contributed by atoms with Crippen molar-refractivity contribution in [3.05, 3.63) is 35.4 Å². The summed E-state index contributed by atoms with van der Waals surface area (Å²) in [5.41, 5.74) is 3.75. The third kappa shape index (κ3) is 3.47. The summed E-state index contributed by atoms with van der Waals surface area (Å²) in [6, 6.07) is 6.30. The van der Waals surface area contributed by atoms with Crippen LogP contribution >= 0.6 is 0 Å². The van der Waals surface area contributed by atoms with Gasteiger partial charge in [-0.2, -0.15) is 13.2 Å². The molecule has 0 heterocycles. The van der Waals surface area contributed by atoms with Gasteiger partial charge < -0.3 is 0 Å². The van der Waals surface area contributed by atoms with E-state index in [0.717, 1.165) is 0 Å². The van der Waals surface area contributed by atoms with E-state index in [9.17, 15) is 22.8 Å². The Labute approximate surface area is 94.8 Å². The van der Waals surface area contributed by atoms with E-state index in [4.69, 9.17) is 0 Å². The second-order valence-electron chi connectivity index (χ2n) is 3.22. The lowest BCUT2D eigenvalue weighted by Crippen LogP contribution is -2.47. The van der Waals surface area contributed by atoms with Crippen molar-refractivity contribution >= 4 is 11.8 Å². The number of amides is 2. The lowest BCUT2D eigenvalue weighted by Gasteiger charge is -2.10. The van der Waals surface area contributed by atoms with Crippen LogP contribution in [0.15, 0.2) is 24.3 Å². The topological polar surface area (TPSA) is 58.2 Å². The van der Waals surface area contributed by atoms with Crippen LogP contribution < -0.4 is 10.9 Å². The lowest BCUT2D eigenvalue weighted by atomic mass is 10.1. The molecule has 0 aliphatic carbocycles. The van der Waals surface area contributed by atoms with Crippen LogP contribution in [0.3, 0.4) is 0 Å². The molecule has 7 heteroatoms. The normalized spacial score (nSPS) is 10.8. The number of hydrogen-bond acceptors (Lipinski definition) is 2. The van der Waals surface area contributed by atoms with Gasteiger partial charge >= 0.3 is 12.1 Å². The highest BCUT2D eigenvalue weighted by atomic mass is 19.4. The van der Waals surface area contributed by atoms with Crippen LogP contribution in [0.25, 0.3) is 0 Å². The molecular weight excluding hydrogens is 237 g/mol. The summed E-state index contributed by atoms with van der Waals surface area (Å²) >= 11 is 0. The zero-order valence-electron chi connectivity index (χ0n) is 8.76.